The number of benzene rings is 1. The summed E-state index contributed by atoms with van der Waals surface area (Å²) in [7, 11) is 1.84. The number of aromatic nitrogens is 1. The lowest BCUT2D eigenvalue weighted by molar-refractivity contribution is 0.628. The van der Waals surface area contributed by atoms with Crippen molar-refractivity contribution in [3.05, 3.63) is 48.5 Å². The molecule has 0 aliphatic rings. The molecule has 0 radical (unpaired) electrons. The molecule has 0 aliphatic carbocycles. The third kappa shape index (κ3) is 2.49. The number of halogens is 2. The Hall–Kier alpha value is -1.61. The minimum Gasteiger partial charge on any atom is -0.386 e. The lowest BCUT2D eigenvalue weighted by Gasteiger charge is -2.07. The van der Waals surface area contributed by atoms with Crippen LogP contribution in [0.5, 0.6) is 0 Å². The average molecular weight is 239 g/mol. The highest BCUT2D eigenvalue weighted by atomic mass is 35.5. The van der Waals surface area contributed by atoms with E-state index in [0.29, 0.717) is 0 Å². The number of nitrogens with zero attached hydrogens (tertiary/aromatic N) is 1. The van der Waals surface area contributed by atoms with Gasteiger partial charge in [0.05, 0.1) is 11.9 Å². The van der Waals surface area contributed by atoms with Crippen molar-refractivity contribution in [1.82, 2.24) is 4.98 Å². The zero-order valence-corrected chi connectivity index (χ0v) is 9.59. The van der Waals surface area contributed by atoms with Crippen LogP contribution in [-0.4, -0.2) is 12.0 Å². The molecule has 0 bridgehead atoms. The Kier molecular flexibility index (Phi) is 4.26. The first-order chi connectivity index (χ1) is 7.31. The predicted octanol–water partition coefficient (Wildman–Crippen LogP) is 3.35. The van der Waals surface area contributed by atoms with Gasteiger partial charge in [0.25, 0.3) is 0 Å². The van der Waals surface area contributed by atoms with Gasteiger partial charge in [-0.1, -0.05) is 12.1 Å². The SMILES string of the molecule is CNc1cnccc1-c1ccc(F)cc1.Cl. The van der Waals surface area contributed by atoms with E-state index in [-0.39, 0.29) is 18.2 Å². The summed E-state index contributed by atoms with van der Waals surface area (Å²) >= 11 is 0. The molecule has 1 aromatic heterocycles. The first-order valence-corrected chi connectivity index (χ1v) is 4.69. The third-order valence-corrected chi connectivity index (χ3v) is 2.25. The molecule has 0 atom stereocenters. The van der Waals surface area contributed by atoms with E-state index in [1.807, 2.05) is 13.1 Å². The summed E-state index contributed by atoms with van der Waals surface area (Å²) in [6, 6.07) is 8.32. The van der Waals surface area contributed by atoms with Gasteiger partial charge in [0.2, 0.25) is 0 Å². The predicted molar refractivity (Wildman–Crippen MR) is 66.4 cm³/mol. The van der Waals surface area contributed by atoms with Gasteiger partial charge in [-0.2, -0.15) is 0 Å². The Morgan fingerprint density at radius 3 is 2.44 bits per heavy atom. The van der Waals surface area contributed by atoms with Crippen molar-refractivity contribution in [3.8, 4) is 11.1 Å². The second-order valence-corrected chi connectivity index (χ2v) is 3.18. The van der Waals surface area contributed by atoms with E-state index >= 15 is 0 Å². The molecule has 1 N–H and O–H groups in total. The largest absolute Gasteiger partial charge is 0.386 e. The van der Waals surface area contributed by atoms with Gasteiger partial charge in [0.1, 0.15) is 5.82 Å². The van der Waals surface area contributed by atoms with Crippen LogP contribution in [0, 0.1) is 5.82 Å². The van der Waals surface area contributed by atoms with E-state index in [9.17, 15) is 4.39 Å². The van der Waals surface area contributed by atoms with Crippen molar-refractivity contribution < 1.29 is 4.39 Å². The summed E-state index contributed by atoms with van der Waals surface area (Å²) in [5.74, 6) is -0.223. The summed E-state index contributed by atoms with van der Waals surface area (Å²) in [5.41, 5.74) is 2.93. The van der Waals surface area contributed by atoms with Gasteiger partial charge < -0.3 is 5.32 Å². The summed E-state index contributed by atoms with van der Waals surface area (Å²) in [6.07, 6.45) is 3.47. The van der Waals surface area contributed by atoms with Crippen molar-refractivity contribution in [2.75, 3.05) is 12.4 Å². The van der Waals surface area contributed by atoms with Crippen molar-refractivity contribution in [2.24, 2.45) is 0 Å². The molecule has 0 aliphatic heterocycles. The van der Waals surface area contributed by atoms with Crippen LogP contribution in [0.4, 0.5) is 10.1 Å². The van der Waals surface area contributed by atoms with Crippen LogP contribution in [0.15, 0.2) is 42.7 Å². The van der Waals surface area contributed by atoms with Gasteiger partial charge in [0, 0.05) is 18.8 Å². The quantitative estimate of drug-likeness (QED) is 0.868. The molecule has 0 saturated heterocycles. The standard InChI is InChI=1S/C12H11FN2.ClH/c1-14-12-8-15-7-6-11(12)9-2-4-10(13)5-3-9;/h2-8,14H,1H3;1H. The molecule has 0 amide bonds. The van der Waals surface area contributed by atoms with Crippen LogP contribution in [0.3, 0.4) is 0 Å². The van der Waals surface area contributed by atoms with E-state index in [0.717, 1.165) is 16.8 Å². The second kappa shape index (κ2) is 5.47. The van der Waals surface area contributed by atoms with Crippen LogP contribution in [-0.2, 0) is 0 Å². The molecule has 2 aromatic rings. The average Bonchev–Trinajstić information content (AvgIpc) is 2.30. The minimum absolute atomic E-state index is 0. The molecule has 1 heterocycles. The minimum atomic E-state index is -0.223. The third-order valence-electron chi connectivity index (χ3n) is 2.25. The van der Waals surface area contributed by atoms with Gasteiger partial charge >= 0.3 is 0 Å². The highest BCUT2D eigenvalue weighted by Gasteiger charge is 2.02. The summed E-state index contributed by atoms with van der Waals surface area (Å²) in [4.78, 5) is 4.02. The maximum Gasteiger partial charge on any atom is 0.123 e. The number of hydrogen-bond donors (Lipinski definition) is 1. The number of pyridine rings is 1. The van der Waals surface area contributed by atoms with Gasteiger partial charge in [-0.3, -0.25) is 4.98 Å². The lowest BCUT2D eigenvalue weighted by Crippen LogP contribution is -1.92. The molecular formula is C12H12ClFN2. The topological polar surface area (TPSA) is 24.9 Å². The molecule has 0 unspecified atom stereocenters. The first-order valence-electron chi connectivity index (χ1n) is 4.69. The van der Waals surface area contributed by atoms with E-state index in [1.54, 1.807) is 24.5 Å². The van der Waals surface area contributed by atoms with Gasteiger partial charge in [-0.05, 0) is 23.8 Å². The van der Waals surface area contributed by atoms with Crippen LogP contribution < -0.4 is 5.32 Å². The fourth-order valence-electron chi connectivity index (χ4n) is 1.47. The Morgan fingerprint density at radius 2 is 1.81 bits per heavy atom. The number of anilines is 1. The van der Waals surface area contributed by atoms with Crippen LogP contribution in [0.2, 0.25) is 0 Å². The summed E-state index contributed by atoms with van der Waals surface area (Å²) < 4.78 is 12.8. The molecule has 0 saturated carbocycles. The van der Waals surface area contributed by atoms with Crippen molar-refractivity contribution in [2.45, 2.75) is 0 Å². The highest BCUT2D eigenvalue weighted by Crippen LogP contribution is 2.26. The van der Waals surface area contributed by atoms with Crippen LogP contribution in [0.1, 0.15) is 0 Å². The van der Waals surface area contributed by atoms with Crippen molar-refractivity contribution in [3.63, 3.8) is 0 Å². The van der Waals surface area contributed by atoms with Gasteiger partial charge in [-0.25, -0.2) is 4.39 Å². The van der Waals surface area contributed by atoms with E-state index in [4.69, 9.17) is 0 Å². The second-order valence-electron chi connectivity index (χ2n) is 3.18. The Balaban J connectivity index is 0.00000128. The zero-order chi connectivity index (χ0) is 10.7. The highest BCUT2D eigenvalue weighted by molar-refractivity contribution is 5.85. The maximum atomic E-state index is 12.8. The van der Waals surface area contributed by atoms with Crippen molar-refractivity contribution >= 4 is 18.1 Å². The summed E-state index contributed by atoms with van der Waals surface area (Å²) in [6.45, 7) is 0. The molecule has 0 fully saturated rings. The number of nitrogens with one attached hydrogen (secondary N) is 1. The van der Waals surface area contributed by atoms with Crippen LogP contribution in [0.25, 0.3) is 11.1 Å². The van der Waals surface area contributed by atoms with Crippen LogP contribution >= 0.6 is 12.4 Å². The molecule has 0 spiro atoms. The lowest BCUT2D eigenvalue weighted by atomic mass is 10.1. The first kappa shape index (κ1) is 12.5. The molecule has 2 rings (SSSR count). The van der Waals surface area contributed by atoms with Gasteiger partial charge in [0.15, 0.2) is 0 Å². The number of hydrogen-bond acceptors (Lipinski definition) is 2. The monoisotopic (exact) mass is 238 g/mol. The van der Waals surface area contributed by atoms with E-state index < -0.39 is 0 Å². The fraction of sp³-hybridized carbons (Fsp3) is 0.0833. The maximum absolute atomic E-state index is 12.8. The molecule has 1 aromatic carbocycles. The fourth-order valence-corrected chi connectivity index (χ4v) is 1.47. The molecule has 2 nitrogen and oxygen atoms in total. The Bertz CT molecular complexity index is 457. The zero-order valence-electron chi connectivity index (χ0n) is 8.77. The normalized spacial score (nSPS) is 9.38. The smallest absolute Gasteiger partial charge is 0.123 e. The van der Waals surface area contributed by atoms with E-state index in [1.165, 1.54) is 12.1 Å². The summed E-state index contributed by atoms with van der Waals surface area (Å²) in [5, 5.41) is 3.05. The molecule has 84 valence electrons. The molecule has 4 heteroatoms. The molecule has 16 heavy (non-hydrogen) atoms. The Labute approximate surface area is 99.9 Å². The van der Waals surface area contributed by atoms with E-state index in [2.05, 4.69) is 10.3 Å². The van der Waals surface area contributed by atoms with Crippen molar-refractivity contribution in [1.29, 1.82) is 0 Å². The Morgan fingerprint density at radius 1 is 1.12 bits per heavy atom. The molecular weight excluding hydrogens is 227 g/mol. The number of rotatable bonds is 2. The van der Waals surface area contributed by atoms with Gasteiger partial charge in [-0.15, -0.1) is 12.4 Å².